The van der Waals surface area contributed by atoms with Crippen LogP contribution in [0.2, 0.25) is 0 Å². The van der Waals surface area contributed by atoms with E-state index in [0.29, 0.717) is 25.0 Å². The van der Waals surface area contributed by atoms with Crippen molar-refractivity contribution < 1.29 is 4.79 Å². The molecule has 0 spiro atoms. The molecule has 2 saturated heterocycles. The highest BCUT2D eigenvalue weighted by Crippen LogP contribution is 2.35. The number of likely N-dealkylation sites (tertiary alicyclic amines) is 1. The van der Waals surface area contributed by atoms with Gasteiger partial charge in [-0.05, 0) is 31.2 Å². The number of anilines is 1. The van der Waals surface area contributed by atoms with Crippen molar-refractivity contribution in [2.75, 3.05) is 44.2 Å². The molecule has 0 radical (unpaired) electrons. The first-order chi connectivity index (χ1) is 14.4. The molecule has 2 unspecified atom stereocenters. The highest BCUT2D eigenvalue weighted by molar-refractivity contribution is 5.84. The zero-order valence-corrected chi connectivity index (χ0v) is 17.6. The minimum Gasteiger partial charge on any atom is -0.369 e. The smallest absolute Gasteiger partial charge is 0.369 e. The molecule has 9 nitrogen and oxygen atoms in total. The third kappa shape index (κ3) is 3.53. The van der Waals surface area contributed by atoms with Crippen molar-refractivity contribution in [1.29, 1.82) is 5.26 Å². The lowest BCUT2D eigenvalue weighted by molar-refractivity contribution is 0.201. The summed E-state index contributed by atoms with van der Waals surface area (Å²) in [6.45, 7) is 8.90. The first-order valence-corrected chi connectivity index (χ1v) is 10.5. The normalized spacial score (nSPS) is 27.2. The van der Waals surface area contributed by atoms with Crippen molar-refractivity contribution >= 4 is 17.7 Å². The van der Waals surface area contributed by atoms with E-state index in [1.54, 1.807) is 11.0 Å². The molecule has 2 aliphatic heterocycles. The molecule has 0 saturated carbocycles. The number of amides is 2. The molecule has 2 N–H and O–H groups in total. The second-order valence-electron chi connectivity index (χ2n) is 8.51. The SMILES string of the molecule is CC1C[C@H](C)C[N+]1(C(N)=O)c1ncn(-c2ccc(N3CCN(CC#N)CC3)cc2)n1. The number of aromatic nitrogens is 3. The van der Waals surface area contributed by atoms with Crippen LogP contribution in [0.15, 0.2) is 30.6 Å². The molecule has 2 fully saturated rings. The highest BCUT2D eigenvalue weighted by Gasteiger charge is 2.52. The van der Waals surface area contributed by atoms with Gasteiger partial charge in [0.2, 0.25) is 0 Å². The number of piperazine rings is 1. The molecule has 4 rings (SSSR count). The third-order valence-electron chi connectivity index (χ3n) is 6.47. The maximum Gasteiger partial charge on any atom is 0.421 e. The number of quaternary nitrogens is 1. The Labute approximate surface area is 176 Å². The van der Waals surface area contributed by atoms with Crippen LogP contribution >= 0.6 is 0 Å². The van der Waals surface area contributed by atoms with Gasteiger partial charge in [-0.2, -0.15) is 14.7 Å². The molecule has 0 bridgehead atoms. The van der Waals surface area contributed by atoms with Gasteiger partial charge in [-0.25, -0.2) is 9.48 Å². The minimum atomic E-state index is -0.393. The monoisotopic (exact) mass is 409 g/mol. The Bertz CT molecular complexity index is 941. The number of carbonyl (C=O) groups is 1. The van der Waals surface area contributed by atoms with Gasteiger partial charge in [-0.15, -0.1) is 0 Å². The second-order valence-corrected chi connectivity index (χ2v) is 8.51. The van der Waals surface area contributed by atoms with Gasteiger partial charge in [0.1, 0.15) is 12.4 Å². The number of carbonyl (C=O) groups excluding carboxylic acids is 1. The van der Waals surface area contributed by atoms with Gasteiger partial charge in [0.25, 0.3) is 0 Å². The highest BCUT2D eigenvalue weighted by atomic mass is 16.2. The summed E-state index contributed by atoms with van der Waals surface area (Å²) in [5.74, 6) is 0.865. The molecule has 2 aromatic rings. The van der Waals surface area contributed by atoms with Crippen molar-refractivity contribution in [3.63, 3.8) is 0 Å². The average Bonchev–Trinajstić information content (AvgIpc) is 3.34. The quantitative estimate of drug-likeness (QED) is 0.609. The summed E-state index contributed by atoms with van der Waals surface area (Å²) >= 11 is 0. The van der Waals surface area contributed by atoms with Crippen LogP contribution in [0.1, 0.15) is 20.3 Å². The maximum absolute atomic E-state index is 12.4. The van der Waals surface area contributed by atoms with Crippen LogP contribution < -0.4 is 15.1 Å². The number of nitrogens with zero attached hydrogens (tertiary/aromatic N) is 7. The van der Waals surface area contributed by atoms with Crippen molar-refractivity contribution in [1.82, 2.24) is 24.1 Å². The van der Waals surface area contributed by atoms with Crippen LogP contribution in [-0.2, 0) is 0 Å². The average molecular weight is 410 g/mol. The van der Waals surface area contributed by atoms with Crippen LogP contribution in [0.4, 0.5) is 16.4 Å². The topological polar surface area (TPSA) is 104 Å². The van der Waals surface area contributed by atoms with Crippen molar-refractivity contribution in [3.8, 4) is 11.8 Å². The Balaban J connectivity index is 1.51. The van der Waals surface area contributed by atoms with Crippen molar-refractivity contribution in [3.05, 3.63) is 30.6 Å². The zero-order valence-electron chi connectivity index (χ0n) is 17.6. The standard InChI is InChI=1S/C21H28N8O/c1-16-13-17(2)29(14-16,20(23)30)21-24-15-28(25-21)19-5-3-18(4-6-19)27-11-9-26(8-7-22)10-12-27/h3-6,15-17H,8-14H2,1-2H3,(H-,23,30)/p+1/t16-,17?,29?/m0/s1. The molecular weight excluding hydrogens is 380 g/mol. The van der Waals surface area contributed by atoms with Gasteiger partial charge >= 0.3 is 12.0 Å². The molecule has 2 aliphatic rings. The van der Waals surface area contributed by atoms with E-state index in [9.17, 15) is 4.79 Å². The molecule has 158 valence electrons. The summed E-state index contributed by atoms with van der Waals surface area (Å²) < 4.78 is 1.72. The van der Waals surface area contributed by atoms with Crippen LogP contribution in [0.25, 0.3) is 5.69 Å². The summed E-state index contributed by atoms with van der Waals surface area (Å²) in [5.41, 5.74) is 7.86. The van der Waals surface area contributed by atoms with E-state index in [2.05, 4.69) is 45.0 Å². The number of hydrogen-bond acceptors (Lipinski definition) is 6. The lowest BCUT2D eigenvalue weighted by atomic mass is 10.1. The number of rotatable bonds is 4. The largest absolute Gasteiger partial charge is 0.421 e. The number of nitrogens with two attached hydrogens (primary N) is 1. The molecule has 0 aliphatic carbocycles. The Morgan fingerprint density at radius 1 is 1.20 bits per heavy atom. The number of benzene rings is 1. The Morgan fingerprint density at radius 2 is 1.87 bits per heavy atom. The molecular formula is C21H29N8O+. The second kappa shape index (κ2) is 8.05. The van der Waals surface area contributed by atoms with Crippen molar-refractivity contribution in [2.24, 2.45) is 11.7 Å². The van der Waals surface area contributed by atoms with E-state index in [1.165, 1.54) is 0 Å². The fourth-order valence-corrected chi connectivity index (χ4v) is 4.83. The van der Waals surface area contributed by atoms with E-state index in [-0.39, 0.29) is 10.5 Å². The van der Waals surface area contributed by atoms with E-state index in [1.807, 2.05) is 19.1 Å². The van der Waals surface area contributed by atoms with Crippen LogP contribution in [-0.4, -0.2) is 71.0 Å². The number of nitriles is 1. The minimum absolute atomic E-state index is 0.0131. The molecule has 1 aromatic carbocycles. The molecule has 9 heteroatoms. The molecule has 3 atom stereocenters. The van der Waals surface area contributed by atoms with E-state index >= 15 is 0 Å². The molecule has 30 heavy (non-hydrogen) atoms. The number of primary amides is 1. The molecule has 3 heterocycles. The third-order valence-corrected chi connectivity index (χ3v) is 6.47. The lowest BCUT2D eigenvalue weighted by Gasteiger charge is -2.34. The molecule has 2 amide bonds. The maximum atomic E-state index is 12.4. The number of hydrogen-bond donors (Lipinski definition) is 1. The Morgan fingerprint density at radius 3 is 2.43 bits per heavy atom. The Hall–Kier alpha value is -2.96. The fourth-order valence-electron chi connectivity index (χ4n) is 4.83. The van der Waals surface area contributed by atoms with Crippen LogP contribution in [0, 0.1) is 17.2 Å². The predicted octanol–water partition coefficient (Wildman–Crippen LogP) is 1.73. The fraction of sp³-hybridized carbons (Fsp3) is 0.524. The lowest BCUT2D eigenvalue weighted by Crippen LogP contribution is -2.60. The predicted molar refractivity (Wildman–Crippen MR) is 115 cm³/mol. The summed E-state index contributed by atoms with van der Waals surface area (Å²) in [7, 11) is 0. The van der Waals surface area contributed by atoms with Gasteiger partial charge in [0.05, 0.1) is 24.8 Å². The first-order valence-electron chi connectivity index (χ1n) is 10.5. The Kier molecular flexibility index (Phi) is 5.45. The molecule has 1 aromatic heterocycles. The summed E-state index contributed by atoms with van der Waals surface area (Å²) in [5, 5.41) is 13.5. The van der Waals surface area contributed by atoms with Gasteiger partial charge in [-0.3, -0.25) is 4.90 Å². The van der Waals surface area contributed by atoms with Crippen LogP contribution in [0.5, 0.6) is 0 Å². The van der Waals surface area contributed by atoms with Gasteiger partial charge in [0, 0.05) is 44.2 Å². The van der Waals surface area contributed by atoms with Gasteiger partial charge < -0.3 is 10.6 Å². The number of urea groups is 1. The summed E-state index contributed by atoms with van der Waals surface area (Å²) in [6, 6.07) is 10.1. The van der Waals surface area contributed by atoms with Crippen LogP contribution in [0.3, 0.4) is 0 Å². The van der Waals surface area contributed by atoms with Gasteiger partial charge in [-0.1, -0.05) is 12.0 Å². The van der Waals surface area contributed by atoms with E-state index in [0.717, 1.165) is 44.0 Å². The van der Waals surface area contributed by atoms with Gasteiger partial charge in [0.15, 0.2) is 0 Å². The van der Waals surface area contributed by atoms with E-state index in [4.69, 9.17) is 11.0 Å². The van der Waals surface area contributed by atoms with E-state index < -0.39 is 6.03 Å². The summed E-state index contributed by atoms with van der Waals surface area (Å²) in [6.07, 6.45) is 2.58. The first kappa shape index (κ1) is 20.3. The zero-order chi connectivity index (χ0) is 21.3. The summed E-state index contributed by atoms with van der Waals surface area (Å²) in [4.78, 5) is 21.4. The van der Waals surface area contributed by atoms with Crippen molar-refractivity contribution in [2.45, 2.75) is 26.3 Å².